The van der Waals surface area contributed by atoms with Crippen molar-refractivity contribution in [3.05, 3.63) is 41.5 Å². The minimum atomic E-state index is 0.303. The van der Waals surface area contributed by atoms with E-state index >= 15 is 0 Å². The molecule has 26 heavy (non-hydrogen) atoms. The third-order valence-electron chi connectivity index (χ3n) is 5.70. The first kappa shape index (κ1) is 17.1. The van der Waals surface area contributed by atoms with Gasteiger partial charge >= 0.3 is 0 Å². The molecule has 2 aliphatic rings. The Morgan fingerprint density at radius 3 is 2.85 bits per heavy atom. The molecule has 4 rings (SSSR count). The summed E-state index contributed by atoms with van der Waals surface area (Å²) < 4.78 is 5.18. The van der Waals surface area contributed by atoms with Gasteiger partial charge in [0, 0.05) is 44.1 Å². The molecular weight excluding hydrogens is 326 g/mol. The van der Waals surface area contributed by atoms with Crippen LogP contribution in [0.4, 0.5) is 5.69 Å². The Morgan fingerprint density at radius 2 is 2.12 bits per heavy atom. The van der Waals surface area contributed by atoms with Gasteiger partial charge in [0.05, 0.1) is 0 Å². The molecule has 138 valence electrons. The van der Waals surface area contributed by atoms with E-state index in [2.05, 4.69) is 49.6 Å². The summed E-state index contributed by atoms with van der Waals surface area (Å²) in [5.41, 5.74) is 3.10. The largest absolute Gasteiger partial charge is 0.355 e. The lowest BCUT2D eigenvalue weighted by Gasteiger charge is -2.26. The number of nitrogens with zero attached hydrogens (tertiary/aromatic N) is 4. The molecule has 6 heteroatoms. The summed E-state index contributed by atoms with van der Waals surface area (Å²) in [5, 5.41) is 7.51. The molecule has 1 aromatic carbocycles. The second-order valence-corrected chi connectivity index (χ2v) is 7.27. The predicted molar refractivity (Wildman–Crippen MR) is 103 cm³/mol. The van der Waals surface area contributed by atoms with Gasteiger partial charge in [-0.3, -0.25) is 4.99 Å². The van der Waals surface area contributed by atoms with Crippen molar-refractivity contribution in [2.45, 2.75) is 50.9 Å². The monoisotopic (exact) mass is 353 g/mol. The van der Waals surface area contributed by atoms with Crippen molar-refractivity contribution in [2.24, 2.45) is 4.99 Å². The number of hydrogen-bond donors (Lipinski definition) is 1. The van der Waals surface area contributed by atoms with Gasteiger partial charge in [0.25, 0.3) is 0 Å². The maximum atomic E-state index is 5.18. The topological polar surface area (TPSA) is 66.6 Å². The molecule has 2 aromatic rings. The van der Waals surface area contributed by atoms with Gasteiger partial charge in [0.2, 0.25) is 5.89 Å². The summed E-state index contributed by atoms with van der Waals surface area (Å²) in [7, 11) is 1.86. The summed E-state index contributed by atoms with van der Waals surface area (Å²) in [5.74, 6) is 2.38. The Balaban J connectivity index is 1.47. The summed E-state index contributed by atoms with van der Waals surface area (Å²) in [6.45, 7) is 3.77. The molecule has 1 aromatic heterocycles. The number of hydrogen-bond acceptors (Lipinski definition) is 4. The van der Waals surface area contributed by atoms with Gasteiger partial charge in [-0.05, 0) is 24.5 Å². The molecule has 0 unspecified atom stereocenters. The number of guanidine groups is 1. The highest BCUT2D eigenvalue weighted by molar-refractivity contribution is 5.98. The van der Waals surface area contributed by atoms with Gasteiger partial charge in [-0.1, -0.05) is 43.1 Å². The third-order valence-corrected chi connectivity index (χ3v) is 5.70. The molecule has 0 amide bonds. The van der Waals surface area contributed by atoms with E-state index in [1.807, 2.05) is 14.0 Å². The van der Waals surface area contributed by atoms with Gasteiger partial charge in [-0.25, -0.2) is 0 Å². The zero-order chi connectivity index (χ0) is 18.0. The van der Waals surface area contributed by atoms with Crippen LogP contribution in [-0.4, -0.2) is 36.2 Å². The van der Waals surface area contributed by atoms with E-state index in [9.17, 15) is 0 Å². The number of benzene rings is 1. The third kappa shape index (κ3) is 2.97. The van der Waals surface area contributed by atoms with Gasteiger partial charge in [0.1, 0.15) is 0 Å². The zero-order valence-electron chi connectivity index (χ0n) is 15.7. The van der Waals surface area contributed by atoms with Crippen LogP contribution >= 0.6 is 0 Å². The molecule has 0 atom stereocenters. The fourth-order valence-electron chi connectivity index (χ4n) is 4.42. The molecule has 6 nitrogen and oxygen atoms in total. The highest BCUT2D eigenvalue weighted by Crippen LogP contribution is 2.50. The van der Waals surface area contributed by atoms with Gasteiger partial charge in [-0.15, -0.1) is 0 Å². The lowest BCUT2D eigenvalue weighted by molar-refractivity contribution is 0.376. The van der Waals surface area contributed by atoms with Crippen LogP contribution in [0.25, 0.3) is 0 Å². The number of aromatic nitrogens is 2. The minimum absolute atomic E-state index is 0.303. The van der Waals surface area contributed by atoms with Gasteiger partial charge in [0.15, 0.2) is 11.8 Å². The number of aryl methyl sites for hydroxylation is 1. The molecule has 1 aliphatic heterocycles. The number of fused-ring (bicyclic) bond motifs is 2. The number of para-hydroxylation sites is 1. The van der Waals surface area contributed by atoms with E-state index in [1.165, 1.54) is 36.9 Å². The van der Waals surface area contributed by atoms with Crippen molar-refractivity contribution in [1.29, 1.82) is 0 Å². The standard InChI is InChI=1S/C20H27N5O/c1-3-18-23-17(24-26-18)10-13-22-19(21-2)25-14-20(11-6-7-12-20)15-8-4-5-9-16(15)25/h4-5,8-9H,3,6-7,10-14H2,1-2H3,(H,21,22). The molecular formula is C20H27N5O. The van der Waals surface area contributed by atoms with Crippen molar-refractivity contribution < 1.29 is 4.52 Å². The lowest BCUT2D eigenvalue weighted by atomic mass is 9.81. The number of anilines is 1. The minimum Gasteiger partial charge on any atom is -0.355 e. The maximum absolute atomic E-state index is 5.18. The highest BCUT2D eigenvalue weighted by Gasteiger charge is 2.45. The molecule has 0 bridgehead atoms. The van der Waals surface area contributed by atoms with E-state index < -0.39 is 0 Å². The highest BCUT2D eigenvalue weighted by atomic mass is 16.5. The molecule has 1 spiro atoms. The molecule has 0 saturated heterocycles. The van der Waals surface area contributed by atoms with Crippen molar-refractivity contribution in [3.8, 4) is 0 Å². The van der Waals surface area contributed by atoms with Crippen LogP contribution < -0.4 is 10.2 Å². The van der Waals surface area contributed by atoms with Crippen molar-refractivity contribution in [1.82, 2.24) is 15.5 Å². The fourth-order valence-corrected chi connectivity index (χ4v) is 4.42. The van der Waals surface area contributed by atoms with E-state index in [-0.39, 0.29) is 0 Å². The molecule has 1 aliphatic carbocycles. The first-order valence-electron chi connectivity index (χ1n) is 9.65. The van der Waals surface area contributed by atoms with E-state index in [1.54, 1.807) is 0 Å². The number of aliphatic imine (C=N–C) groups is 1. The average molecular weight is 353 g/mol. The fraction of sp³-hybridized carbons (Fsp3) is 0.550. The summed E-state index contributed by atoms with van der Waals surface area (Å²) in [4.78, 5) is 11.3. The van der Waals surface area contributed by atoms with Crippen LogP contribution in [-0.2, 0) is 18.3 Å². The first-order chi connectivity index (χ1) is 12.8. The SMILES string of the molecule is CCc1nc(CCNC(=NC)N2CC3(CCCC3)c3ccccc32)no1. The van der Waals surface area contributed by atoms with Crippen molar-refractivity contribution >= 4 is 11.6 Å². The zero-order valence-corrected chi connectivity index (χ0v) is 15.7. The maximum Gasteiger partial charge on any atom is 0.226 e. The van der Waals surface area contributed by atoms with Crippen molar-refractivity contribution in [2.75, 3.05) is 25.0 Å². The smallest absolute Gasteiger partial charge is 0.226 e. The van der Waals surface area contributed by atoms with Crippen LogP contribution in [0.2, 0.25) is 0 Å². The van der Waals surface area contributed by atoms with E-state index in [0.29, 0.717) is 11.3 Å². The van der Waals surface area contributed by atoms with Gasteiger partial charge < -0.3 is 14.7 Å². The van der Waals surface area contributed by atoms with Crippen LogP contribution in [0.1, 0.15) is 49.9 Å². The van der Waals surface area contributed by atoms with Crippen LogP contribution in [0.3, 0.4) is 0 Å². The molecule has 2 heterocycles. The van der Waals surface area contributed by atoms with Gasteiger partial charge in [-0.2, -0.15) is 4.98 Å². The van der Waals surface area contributed by atoms with E-state index in [0.717, 1.165) is 37.7 Å². The molecule has 0 radical (unpaired) electrons. The quantitative estimate of drug-likeness (QED) is 0.676. The molecule has 1 N–H and O–H groups in total. The Morgan fingerprint density at radius 1 is 1.31 bits per heavy atom. The Kier molecular flexibility index (Phi) is 4.66. The summed E-state index contributed by atoms with van der Waals surface area (Å²) in [6, 6.07) is 8.82. The van der Waals surface area contributed by atoms with Crippen molar-refractivity contribution in [3.63, 3.8) is 0 Å². The van der Waals surface area contributed by atoms with Crippen LogP contribution in [0.5, 0.6) is 0 Å². The first-order valence-corrected chi connectivity index (χ1v) is 9.65. The number of nitrogens with one attached hydrogen (secondary N) is 1. The van der Waals surface area contributed by atoms with E-state index in [4.69, 9.17) is 4.52 Å². The molecule has 1 saturated carbocycles. The average Bonchev–Trinajstić information content (AvgIpc) is 3.40. The molecule has 1 fully saturated rings. The Hall–Kier alpha value is -2.37. The second kappa shape index (κ2) is 7.09. The Bertz CT molecular complexity index is 791. The normalized spacial score (nSPS) is 18.5. The number of rotatable bonds is 4. The summed E-state index contributed by atoms with van der Waals surface area (Å²) >= 11 is 0. The van der Waals surface area contributed by atoms with Crippen LogP contribution in [0.15, 0.2) is 33.8 Å². The Labute approximate surface area is 154 Å². The van der Waals surface area contributed by atoms with Crippen LogP contribution in [0, 0.1) is 0 Å². The second-order valence-electron chi connectivity index (χ2n) is 7.27. The predicted octanol–water partition coefficient (Wildman–Crippen LogP) is 3.08. The summed E-state index contributed by atoms with van der Waals surface area (Å²) in [6.07, 6.45) is 6.70. The lowest BCUT2D eigenvalue weighted by Crippen LogP contribution is -2.44.